The highest BCUT2D eigenvalue weighted by atomic mass is 16.6. The number of nitrogens with one attached hydrogen (secondary N) is 1. The molecule has 0 fully saturated rings. The molecule has 0 aliphatic heterocycles. The summed E-state index contributed by atoms with van der Waals surface area (Å²) in [5.41, 5.74) is 7.52. The van der Waals surface area contributed by atoms with Crippen LogP contribution in [0.25, 0.3) is 11.5 Å². The Kier molecular flexibility index (Phi) is 6.13. The third-order valence-electron chi connectivity index (χ3n) is 3.53. The number of hydrogen-bond acceptors (Lipinski definition) is 6. The minimum Gasteiger partial charge on any atom is -0.417 e. The zero-order valence-electron chi connectivity index (χ0n) is 14.5. The van der Waals surface area contributed by atoms with Crippen molar-refractivity contribution in [2.45, 2.75) is 19.6 Å². The van der Waals surface area contributed by atoms with Gasteiger partial charge in [0.2, 0.25) is 11.8 Å². The first-order valence-electron chi connectivity index (χ1n) is 8.33. The first-order chi connectivity index (χ1) is 13.2. The molecule has 0 bridgehead atoms. The maximum atomic E-state index is 11.9. The number of hydrogen-bond donors (Lipinski definition) is 2. The lowest BCUT2D eigenvalue weighted by atomic mass is 10.2. The summed E-state index contributed by atoms with van der Waals surface area (Å²) in [4.78, 5) is 16.9. The summed E-state index contributed by atoms with van der Waals surface area (Å²) in [5.74, 6) is 0.474. The standard InChI is InChI=1S/C19H19N5O3/c20-16(11-17(25)21-12-14-7-3-1-4-8-14)24-26-13-18-22-23-19(27-18)15-9-5-2-6-10-15/h1-10H,11-13H2,(H2,20,24)(H,21,25). The fourth-order valence-corrected chi connectivity index (χ4v) is 2.24. The summed E-state index contributed by atoms with van der Waals surface area (Å²) in [7, 11) is 0. The van der Waals surface area contributed by atoms with Gasteiger partial charge in [-0.3, -0.25) is 4.79 Å². The topological polar surface area (TPSA) is 116 Å². The Morgan fingerprint density at radius 3 is 2.52 bits per heavy atom. The summed E-state index contributed by atoms with van der Waals surface area (Å²) in [5, 5.41) is 14.3. The van der Waals surface area contributed by atoms with Gasteiger partial charge in [0.05, 0.1) is 6.42 Å². The van der Waals surface area contributed by atoms with Crippen LogP contribution >= 0.6 is 0 Å². The normalized spacial score (nSPS) is 11.2. The van der Waals surface area contributed by atoms with E-state index in [1.165, 1.54) is 0 Å². The van der Waals surface area contributed by atoms with Crippen molar-refractivity contribution in [3.63, 3.8) is 0 Å². The Morgan fingerprint density at radius 2 is 1.78 bits per heavy atom. The molecule has 3 rings (SSSR count). The van der Waals surface area contributed by atoms with Gasteiger partial charge in [0.25, 0.3) is 5.89 Å². The number of nitrogens with two attached hydrogens (primary N) is 1. The van der Waals surface area contributed by atoms with Crippen LogP contribution in [-0.4, -0.2) is 21.9 Å². The van der Waals surface area contributed by atoms with Gasteiger partial charge < -0.3 is 20.3 Å². The molecule has 138 valence electrons. The molecule has 1 heterocycles. The van der Waals surface area contributed by atoms with Crippen molar-refractivity contribution in [3.05, 3.63) is 72.1 Å². The molecule has 0 atom stereocenters. The van der Waals surface area contributed by atoms with E-state index in [9.17, 15) is 4.79 Å². The molecule has 1 aromatic heterocycles. The van der Waals surface area contributed by atoms with Gasteiger partial charge in [-0.1, -0.05) is 53.7 Å². The van der Waals surface area contributed by atoms with Gasteiger partial charge in [-0.25, -0.2) is 0 Å². The van der Waals surface area contributed by atoms with Crippen molar-refractivity contribution in [2.24, 2.45) is 10.9 Å². The van der Waals surface area contributed by atoms with Gasteiger partial charge in [0, 0.05) is 12.1 Å². The molecule has 0 aliphatic carbocycles. The van der Waals surface area contributed by atoms with Gasteiger partial charge in [0.15, 0.2) is 6.61 Å². The van der Waals surface area contributed by atoms with Crippen LogP contribution in [0.15, 0.2) is 70.2 Å². The van der Waals surface area contributed by atoms with Gasteiger partial charge >= 0.3 is 0 Å². The molecule has 2 aromatic carbocycles. The highest BCUT2D eigenvalue weighted by Gasteiger charge is 2.09. The molecule has 1 amide bonds. The summed E-state index contributed by atoms with van der Waals surface area (Å²) in [6.07, 6.45) is -0.0636. The molecule has 0 saturated heterocycles. The first-order valence-corrected chi connectivity index (χ1v) is 8.33. The number of amidine groups is 1. The van der Waals surface area contributed by atoms with Gasteiger partial charge in [-0.2, -0.15) is 0 Å². The van der Waals surface area contributed by atoms with Gasteiger partial charge in [0.1, 0.15) is 5.84 Å². The number of rotatable bonds is 8. The van der Waals surface area contributed by atoms with Crippen molar-refractivity contribution < 1.29 is 14.0 Å². The van der Waals surface area contributed by atoms with E-state index < -0.39 is 0 Å². The summed E-state index contributed by atoms with van der Waals surface area (Å²) in [6.45, 7) is 0.393. The van der Waals surface area contributed by atoms with E-state index in [4.69, 9.17) is 15.0 Å². The average molecular weight is 365 g/mol. The number of carbonyl (C=O) groups excluding carboxylic acids is 1. The summed E-state index contributed by atoms with van der Waals surface area (Å²) in [6, 6.07) is 19.0. The molecule has 0 aliphatic rings. The first kappa shape index (κ1) is 18.1. The minimum atomic E-state index is -0.243. The Morgan fingerprint density at radius 1 is 1.07 bits per heavy atom. The van der Waals surface area contributed by atoms with Crippen LogP contribution < -0.4 is 11.1 Å². The molecule has 8 nitrogen and oxygen atoms in total. The minimum absolute atomic E-state index is 0.0355. The Balaban J connectivity index is 1.43. The van der Waals surface area contributed by atoms with Crippen molar-refractivity contribution >= 4 is 11.7 Å². The second-order valence-corrected chi connectivity index (χ2v) is 5.66. The zero-order valence-corrected chi connectivity index (χ0v) is 14.5. The number of nitrogens with zero attached hydrogens (tertiary/aromatic N) is 3. The number of oxime groups is 1. The lowest BCUT2D eigenvalue weighted by Gasteiger charge is -2.05. The molecule has 3 N–H and O–H groups in total. The number of benzene rings is 2. The van der Waals surface area contributed by atoms with E-state index in [1.807, 2.05) is 60.7 Å². The molecule has 0 saturated carbocycles. The van der Waals surface area contributed by atoms with Gasteiger partial charge in [-0.15, -0.1) is 10.2 Å². The number of amides is 1. The van der Waals surface area contributed by atoms with Crippen LogP contribution in [0.5, 0.6) is 0 Å². The van der Waals surface area contributed by atoms with E-state index in [-0.39, 0.29) is 30.7 Å². The third kappa shape index (κ3) is 5.67. The lowest BCUT2D eigenvalue weighted by molar-refractivity contribution is -0.120. The van der Waals surface area contributed by atoms with E-state index in [1.54, 1.807) is 0 Å². The van der Waals surface area contributed by atoms with E-state index >= 15 is 0 Å². The maximum Gasteiger partial charge on any atom is 0.257 e. The molecular formula is C19H19N5O3. The van der Waals surface area contributed by atoms with Crippen LogP contribution in [0.4, 0.5) is 0 Å². The predicted octanol–water partition coefficient (Wildman–Crippen LogP) is 2.23. The average Bonchev–Trinajstić information content (AvgIpc) is 3.17. The van der Waals surface area contributed by atoms with Crippen molar-refractivity contribution in [3.8, 4) is 11.5 Å². The second-order valence-electron chi connectivity index (χ2n) is 5.66. The largest absolute Gasteiger partial charge is 0.417 e. The third-order valence-corrected chi connectivity index (χ3v) is 3.53. The van der Waals surface area contributed by atoms with E-state index in [0.29, 0.717) is 12.4 Å². The summed E-state index contributed by atoms with van der Waals surface area (Å²) < 4.78 is 5.48. The molecule has 0 unspecified atom stereocenters. The fourth-order valence-electron chi connectivity index (χ4n) is 2.24. The zero-order chi connectivity index (χ0) is 18.9. The smallest absolute Gasteiger partial charge is 0.257 e. The molecule has 0 spiro atoms. The highest BCUT2D eigenvalue weighted by molar-refractivity contribution is 5.98. The molecule has 3 aromatic rings. The summed E-state index contributed by atoms with van der Waals surface area (Å²) >= 11 is 0. The Labute approximate surface area is 156 Å². The number of aromatic nitrogens is 2. The SMILES string of the molecule is N/C(CC(=O)NCc1ccccc1)=N\OCc1nnc(-c2ccccc2)o1. The van der Waals surface area contributed by atoms with Crippen LogP contribution in [0.2, 0.25) is 0 Å². The van der Waals surface area contributed by atoms with Crippen molar-refractivity contribution in [1.82, 2.24) is 15.5 Å². The second kappa shape index (κ2) is 9.14. The monoisotopic (exact) mass is 365 g/mol. The quantitative estimate of drug-likeness (QED) is 0.359. The van der Waals surface area contributed by atoms with E-state index in [2.05, 4.69) is 20.7 Å². The Hall–Kier alpha value is -3.68. The van der Waals surface area contributed by atoms with Crippen LogP contribution in [0, 0.1) is 0 Å². The van der Waals surface area contributed by atoms with Crippen LogP contribution in [0.1, 0.15) is 17.9 Å². The van der Waals surface area contributed by atoms with Crippen LogP contribution in [-0.2, 0) is 22.8 Å². The predicted molar refractivity (Wildman–Crippen MR) is 99.1 cm³/mol. The van der Waals surface area contributed by atoms with Crippen molar-refractivity contribution in [2.75, 3.05) is 0 Å². The maximum absolute atomic E-state index is 11.9. The molecule has 8 heteroatoms. The highest BCUT2D eigenvalue weighted by Crippen LogP contribution is 2.17. The van der Waals surface area contributed by atoms with E-state index in [0.717, 1.165) is 11.1 Å². The van der Waals surface area contributed by atoms with Crippen LogP contribution in [0.3, 0.4) is 0 Å². The fraction of sp³-hybridized carbons (Fsp3) is 0.158. The lowest BCUT2D eigenvalue weighted by Crippen LogP contribution is -2.28. The molecular weight excluding hydrogens is 346 g/mol. The van der Waals surface area contributed by atoms with Gasteiger partial charge in [-0.05, 0) is 17.7 Å². The Bertz CT molecular complexity index is 894. The molecule has 27 heavy (non-hydrogen) atoms. The number of carbonyl (C=O) groups is 1. The van der Waals surface area contributed by atoms with Crippen molar-refractivity contribution in [1.29, 1.82) is 0 Å². The molecule has 0 radical (unpaired) electrons.